The van der Waals surface area contributed by atoms with Crippen molar-refractivity contribution in [3.05, 3.63) is 28.3 Å². The van der Waals surface area contributed by atoms with Crippen LogP contribution >= 0.6 is 11.6 Å². The molecule has 1 saturated carbocycles. The van der Waals surface area contributed by atoms with Gasteiger partial charge in [-0.05, 0) is 48.4 Å². The van der Waals surface area contributed by atoms with Crippen molar-refractivity contribution in [2.45, 2.75) is 38.5 Å². The van der Waals surface area contributed by atoms with E-state index in [4.69, 9.17) is 11.6 Å². The molecule has 0 radical (unpaired) electrons. The van der Waals surface area contributed by atoms with Gasteiger partial charge in [0.15, 0.2) is 0 Å². The SMILES string of the molecule is CCc1cc(O)cc(Cl)c1C1CCC1. The molecule has 0 bridgehead atoms. The molecule has 1 nitrogen and oxygen atoms in total. The van der Waals surface area contributed by atoms with Crippen molar-refractivity contribution < 1.29 is 5.11 Å². The van der Waals surface area contributed by atoms with Crippen molar-refractivity contribution in [1.29, 1.82) is 0 Å². The Bertz CT molecular complexity index is 342. The molecule has 2 rings (SSSR count). The number of rotatable bonds is 2. The summed E-state index contributed by atoms with van der Waals surface area (Å²) in [5.41, 5.74) is 2.48. The Labute approximate surface area is 89.7 Å². The molecule has 0 amide bonds. The zero-order valence-electron chi connectivity index (χ0n) is 8.39. The fraction of sp³-hybridized carbons (Fsp3) is 0.500. The van der Waals surface area contributed by atoms with Gasteiger partial charge in [0, 0.05) is 5.02 Å². The molecule has 1 aromatic carbocycles. The van der Waals surface area contributed by atoms with Crippen molar-refractivity contribution in [2.75, 3.05) is 0 Å². The molecule has 1 aliphatic rings. The number of aryl methyl sites for hydroxylation is 1. The van der Waals surface area contributed by atoms with E-state index in [-0.39, 0.29) is 5.75 Å². The molecule has 0 spiro atoms. The molecule has 0 unspecified atom stereocenters. The Hall–Kier alpha value is -0.690. The zero-order chi connectivity index (χ0) is 10.1. The smallest absolute Gasteiger partial charge is 0.117 e. The summed E-state index contributed by atoms with van der Waals surface area (Å²) in [5, 5.41) is 10.2. The van der Waals surface area contributed by atoms with Crippen LogP contribution in [0.15, 0.2) is 12.1 Å². The third kappa shape index (κ3) is 1.61. The van der Waals surface area contributed by atoms with Crippen molar-refractivity contribution in [2.24, 2.45) is 0 Å². The van der Waals surface area contributed by atoms with Crippen LogP contribution < -0.4 is 0 Å². The van der Waals surface area contributed by atoms with Crippen LogP contribution in [0.4, 0.5) is 0 Å². The van der Waals surface area contributed by atoms with Crippen LogP contribution in [-0.4, -0.2) is 5.11 Å². The van der Waals surface area contributed by atoms with Gasteiger partial charge in [-0.3, -0.25) is 0 Å². The van der Waals surface area contributed by atoms with Crippen LogP contribution in [0.25, 0.3) is 0 Å². The van der Waals surface area contributed by atoms with Gasteiger partial charge in [-0.15, -0.1) is 0 Å². The number of phenolic OH excluding ortho intramolecular Hbond substituents is 1. The van der Waals surface area contributed by atoms with E-state index in [9.17, 15) is 5.11 Å². The first-order valence-corrected chi connectivity index (χ1v) is 5.61. The number of hydrogen-bond donors (Lipinski definition) is 1. The first-order chi connectivity index (χ1) is 6.72. The third-order valence-electron chi connectivity index (χ3n) is 3.09. The van der Waals surface area contributed by atoms with Gasteiger partial charge in [0.1, 0.15) is 5.75 Å². The Morgan fingerprint density at radius 1 is 1.43 bits per heavy atom. The highest BCUT2D eigenvalue weighted by molar-refractivity contribution is 6.31. The summed E-state index contributed by atoms with van der Waals surface area (Å²) in [6, 6.07) is 3.51. The van der Waals surface area contributed by atoms with Gasteiger partial charge in [-0.25, -0.2) is 0 Å². The van der Waals surface area contributed by atoms with Gasteiger partial charge in [-0.2, -0.15) is 0 Å². The molecule has 0 saturated heterocycles. The maximum absolute atomic E-state index is 9.44. The first-order valence-electron chi connectivity index (χ1n) is 5.23. The van der Waals surface area contributed by atoms with Gasteiger partial charge in [-0.1, -0.05) is 24.9 Å². The van der Waals surface area contributed by atoms with Gasteiger partial charge < -0.3 is 5.11 Å². The van der Waals surface area contributed by atoms with E-state index < -0.39 is 0 Å². The standard InChI is InChI=1S/C12H15ClO/c1-2-8-6-10(14)7-11(13)12(8)9-4-3-5-9/h6-7,9,14H,2-5H2,1H3. The number of aromatic hydroxyl groups is 1. The van der Waals surface area contributed by atoms with Crippen LogP contribution in [0, 0.1) is 0 Å². The fourth-order valence-corrected chi connectivity index (χ4v) is 2.49. The molecular weight excluding hydrogens is 196 g/mol. The van der Waals surface area contributed by atoms with Crippen LogP contribution in [0.3, 0.4) is 0 Å². The molecule has 1 N–H and O–H groups in total. The van der Waals surface area contributed by atoms with Crippen molar-refractivity contribution in [3.63, 3.8) is 0 Å². The lowest BCUT2D eigenvalue weighted by molar-refractivity contribution is 0.416. The van der Waals surface area contributed by atoms with E-state index in [1.807, 2.05) is 6.07 Å². The quantitative estimate of drug-likeness (QED) is 0.786. The maximum Gasteiger partial charge on any atom is 0.117 e. The largest absolute Gasteiger partial charge is 0.508 e. The van der Waals surface area contributed by atoms with Crippen molar-refractivity contribution in [3.8, 4) is 5.75 Å². The average Bonchev–Trinajstić information content (AvgIpc) is 2.05. The van der Waals surface area contributed by atoms with Gasteiger partial charge in [0.25, 0.3) is 0 Å². The van der Waals surface area contributed by atoms with E-state index in [0.717, 1.165) is 11.4 Å². The van der Waals surface area contributed by atoms with Crippen LogP contribution in [-0.2, 0) is 6.42 Å². The second-order valence-corrected chi connectivity index (χ2v) is 4.39. The van der Waals surface area contributed by atoms with E-state index >= 15 is 0 Å². The summed E-state index contributed by atoms with van der Waals surface area (Å²) >= 11 is 6.16. The summed E-state index contributed by atoms with van der Waals surface area (Å²) in [7, 11) is 0. The van der Waals surface area contributed by atoms with Gasteiger partial charge >= 0.3 is 0 Å². The molecule has 1 aromatic rings. The summed E-state index contributed by atoms with van der Waals surface area (Å²) in [4.78, 5) is 0. The first kappa shape index (κ1) is 9.85. The molecule has 14 heavy (non-hydrogen) atoms. The molecular formula is C12H15ClO. The van der Waals surface area contributed by atoms with E-state index in [0.29, 0.717) is 5.92 Å². The highest BCUT2D eigenvalue weighted by atomic mass is 35.5. The van der Waals surface area contributed by atoms with E-state index in [1.165, 1.54) is 30.4 Å². The second-order valence-electron chi connectivity index (χ2n) is 3.98. The number of hydrogen-bond acceptors (Lipinski definition) is 1. The number of benzene rings is 1. The van der Waals surface area contributed by atoms with E-state index in [1.54, 1.807) is 6.07 Å². The Morgan fingerprint density at radius 3 is 2.64 bits per heavy atom. The average molecular weight is 211 g/mol. The molecule has 2 heteroatoms. The van der Waals surface area contributed by atoms with Gasteiger partial charge in [0.2, 0.25) is 0 Å². The number of halogens is 1. The minimum absolute atomic E-state index is 0.287. The number of phenols is 1. The molecule has 76 valence electrons. The summed E-state index contributed by atoms with van der Waals surface area (Å²) in [6.45, 7) is 2.10. The van der Waals surface area contributed by atoms with E-state index in [2.05, 4.69) is 6.92 Å². The lowest BCUT2D eigenvalue weighted by Gasteiger charge is -2.28. The zero-order valence-corrected chi connectivity index (χ0v) is 9.14. The minimum atomic E-state index is 0.287. The predicted molar refractivity (Wildman–Crippen MR) is 59.1 cm³/mol. The molecule has 1 aliphatic carbocycles. The second kappa shape index (κ2) is 3.82. The van der Waals surface area contributed by atoms with Crippen LogP contribution in [0.1, 0.15) is 43.2 Å². The normalized spacial score (nSPS) is 16.7. The molecule has 0 aromatic heterocycles. The summed E-state index contributed by atoms with van der Waals surface area (Å²) in [6.07, 6.45) is 4.75. The minimum Gasteiger partial charge on any atom is -0.508 e. The summed E-state index contributed by atoms with van der Waals surface area (Å²) < 4.78 is 0. The maximum atomic E-state index is 9.44. The summed E-state index contributed by atoms with van der Waals surface area (Å²) in [5.74, 6) is 0.924. The Balaban J connectivity index is 2.44. The highest BCUT2D eigenvalue weighted by Gasteiger charge is 2.24. The van der Waals surface area contributed by atoms with Gasteiger partial charge in [0.05, 0.1) is 0 Å². The predicted octanol–water partition coefficient (Wildman–Crippen LogP) is 3.88. The fourth-order valence-electron chi connectivity index (χ4n) is 2.11. The third-order valence-corrected chi connectivity index (χ3v) is 3.41. The lowest BCUT2D eigenvalue weighted by Crippen LogP contribution is -2.11. The van der Waals surface area contributed by atoms with Crippen molar-refractivity contribution in [1.82, 2.24) is 0 Å². The Morgan fingerprint density at radius 2 is 2.14 bits per heavy atom. The molecule has 0 aliphatic heterocycles. The molecule has 0 heterocycles. The Kier molecular flexibility index (Phi) is 2.69. The topological polar surface area (TPSA) is 20.2 Å². The van der Waals surface area contributed by atoms with Crippen molar-refractivity contribution >= 4 is 11.6 Å². The van der Waals surface area contributed by atoms with Crippen LogP contribution in [0.5, 0.6) is 5.75 Å². The van der Waals surface area contributed by atoms with Crippen LogP contribution in [0.2, 0.25) is 5.02 Å². The molecule has 1 fully saturated rings. The monoisotopic (exact) mass is 210 g/mol. The highest BCUT2D eigenvalue weighted by Crippen LogP contribution is 2.42. The lowest BCUT2D eigenvalue weighted by atomic mass is 9.78. The molecule has 0 atom stereocenters.